The lowest BCUT2D eigenvalue weighted by atomic mass is 9.94. The number of aliphatic hydroxyl groups excluding tert-OH is 1. The van der Waals surface area contributed by atoms with Crippen molar-refractivity contribution in [2.24, 2.45) is 0 Å². The number of rotatable bonds is 7. The van der Waals surface area contributed by atoms with Crippen molar-refractivity contribution in [1.29, 1.82) is 0 Å². The Hall–Kier alpha value is -4.76. The maximum atomic E-state index is 14.1. The number of methoxy groups -OCH3 is 1. The average Bonchev–Trinajstić information content (AvgIpc) is 3.45. The van der Waals surface area contributed by atoms with Gasteiger partial charge < -0.3 is 15.2 Å². The van der Waals surface area contributed by atoms with Crippen LogP contribution in [0.25, 0.3) is 10.6 Å². The molecule has 0 aliphatic carbocycles. The zero-order valence-corrected chi connectivity index (χ0v) is 22.3. The molecule has 4 aromatic rings. The maximum absolute atomic E-state index is 14.1. The van der Waals surface area contributed by atoms with Gasteiger partial charge in [-0.2, -0.15) is 0 Å². The number of para-hydroxylation sites is 1. The third kappa shape index (κ3) is 4.80. The lowest BCUT2D eigenvalue weighted by Gasteiger charge is -2.28. The SMILES string of the molecule is COc1ccccc1C1C(C(=O)c2sc(-c3ccccc3)nc2C)=C(O)C(=O)N1c1cccc(NC(C)=O)c1. The van der Waals surface area contributed by atoms with Gasteiger partial charge in [0.15, 0.2) is 5.76 Å². The molecular formula is C30H25N3O5S. The summed E-state index contributed by atoms with van der Waals surface area (Å²) in [5, 5.41) is 14.6. The Morgan fingerprint density at radius 2 is 1.74 bits per heavy atom. The van der Waals surface area contributed by atoms with Crippen LogP contribution in [0.4, 0.5) is 11.4 Å². The zero-order valence-electron chi connectivity index (χ0n) is 21.5. The lowest BCUT2D eigenvalue weighted by molar-refractivity contribution is -0.117. The van der Waals surface area contributed by atoms with E-state index >= 15 is 0 Å². The number of hydrogen-bond donors (Lipinski definition) is 2. The topological polar surface area (TPSA) is 109 Å². The number of amides is 2. The molecule has 1 aliphatic heterocycles. The standard InChI is InChI=1S/C30H25N3O5S/c1-17-28(39-29(31-17)19-10-5-4-6-11-19)26(35)24-25(22-14-7-8-15-23(22)38-3)33(30(37)27(24)36)21-13-9-12-20(16-21)32-18(2)34/h4-16,25,36H,1-3H3,(H,32,34). The van der Waals surface area contributed by atoms with Crippen molar-refractivity contribution in [1.82, 2.24) is 4.98 Å². The highest BCUT2D eigenvalue weighted by molar-refractivity contribution is 7.17. The molecule has 2 heterocycles. The highest BCUT2D eigenvalue weighted by atomic mass is 32.1. The summed E-state index contributed by atoms with van der Waals surface area (Å²) >= 11 is 1.21. The molecule has 0 radical (unpaired) electrons. The van der Waals surface area contributed by atoms with Crippen LogP contribution in [0.3, 0.4) is 0 Å². The molecule has 0 saturated heterocycles. The van der Waals surface area contributed by atoms with Crippen molar-refractivity contribution >= 4 is 40.3 Å². The van der Waals surface area contributed by atoms with E-state index in [1.54, 1.807) is 55.5 Å². The Labute approximate surface area is 229 Å². The number of ether oxygens (including phenoxy) is 1. The summed E-state index contributed by atoms with van der Waals surface area (Å²) in [6.07, 6.45) is 0. The highest BCUT2D eigenvalue weighted by Crippen LogP contribution is 2.46. The highest BCUT2D eigenvalue weighted by Gasteiger charge is 2.46. The predicted molar refractivity (Wildman–Crippen MR) is 150 cm³/mol. The lowest BCUT2D eigenvalue weighted by Crippen LogP contribution is -2.31. The number of nitrogens with zero attached hydrogens (tertiary/aromatic N) is 2. The number of hydrogen-bond acceptors (Lipinski definition) is 7. The third-order valence-corrected chi connectivity index (χ3v) is 7.56. The smallest absolute Gasteiger partial charge is 0.294 e. The number of benzene rings is 3. The largest absolute Gasteiger partial charge is 0.503 e. The van der Waals surface area contributed by atoms with E-state index in [0.717, 1.165) is 5.56 Å². The average molecular weight is 540 g/mol. The first kappa shape index (κ1) is 25.9. The van der Waals surface area contributed by atoms with Crippen LogP contribution in [-0.4, -0.2) is 34.8 Å². The van der Waals surface area contributed by atoms with Crippen LogP contribution in [0.15, 0.2) is 90.2 Å². The van der Waals surface area contributed by atoms with Gasteiger partial charge in [-0.3, -0.25) is 19.3 Å². The van der Waals surface area contributed by atoms with Gasteiger partial charge in [-0.05, 0) is 31.2 Å². The molecule has 0 saturated carbocycles. The van der Waals surface area contributed by atoms with E-state index < -0.39 is 23.5 Å². The minimum absolute atomic E-state index is 0.0687. The molecule has 0 spiro atoms. The number of anilines is 2. The van der Waals surface area contributed by atoms with Gasteiger partial charge in [-0.15, -0.1) is 11.3 Å². The molecule has 1 atom stereocenters. The minimum atomic E-state index is -0.990. The van der Waals surface area contributed by atoms with E-state index in [4.69, 9.17) is 4.74 Å². The molecule has 8 nitrogen and oxygen atoms in total. The first-order chi connectivity index (χ1) is 18.8. The molecule has 1 aliphatic rings. The fourth-order valence-corrected chi connectivity index (χ4v) is 5.69. The molecule has 2 amide bonds. The molecule has 0 bridgehead atoms. The summed E-state index contributed by atoms with van der Waals surface area (Å²) in [6.45, 7) is 3.12. The van der Waals surface area contributed by atoms with Crippen LogP contribution in [-0.2, 0) is 9.59 Å². The van der Waals surface area contributed by atoms with E-state index in [-0.39, 0.29) is 11.5 Å². The summed E-state index contributed by atoms with van der Waals surface area (Å²) in [5.74, 6) is -1.69. The van der Waals surface area contributed by atoms with Gasteiger partial charge in [0.2, 0.25) is 11.7 Å². The molecular weight excluding hydrogens is 514 g/mol. The molecule has 1 unspecified atom stereocenters. The van der Waals surface area contributed by atoms with Crippen LogP contribution < -0.4 is 15.0 Å². The monoisotopic (exact) mass is 539 g/mol. The molecule has 5 rings (SSSR count). The second-order valence-electron chi connectivity index (χ2n) is 8.94. The van der Waals surface area contributed by atoms with Crippen molar-refractivity contribution in [2.75, 3.05) is 17.3 Å². The Kier molecular flexibility index (Phi) is 7.00. The number of aryl methyl sites for hydroxylation is 1. The van der Waals surface area contributed by atoms with Crippen LogP contribution in [0.2, 0.25) is 0 Å². The maximum Gasteiger partial charge on any atom is 0.294 e. The number of nitrogens with one attached hydrogen (secondary N) is 1. The van der Waals surface area contributed by atoms with E-state index in [2.05, 4.69) is 10.3 Å². The molecule has 39 heavy (non-hydrogen) atoms. The van der Waals surface area contributed by atoms with Crippen LogP contribution in [0.5, 0.6) is 5.75 Å². The summed E-state index contributed by atoms with van der Waals surface area (Å²) < 4.78 is 5.59. The molecule has 196 valence electrons. The van der Waals surface area contributed by atoms with E-state index in [0.29, 0.717) is 38.3 Å². The first-order valence-electron chi connectivity index (χ1n) is 12.1. The molecule has 0 fully saturated rings. The molecule has 1 aromatic heterocycles. The Morgan fingerprint density at radius 1 is 1.03 bits per heavy atom. The number of carbonyl (C=O) groups excluding carboxylic acids is 3. The minimum Gasteiger partial charge on any atom is -0.503 e. The summed E-state index contributed by atoms with van der Waals surface area (Å²) in [7, 11) is 1.50. The van der Waals surface area contributed by atoms with E-state index in [1.165, 1.54) is 30.3 Å². The quantitative estimate of drug-likeness (QED) is 0.285. The fourth-order valence-electron chi connectivity index (χ4n) is 4.66. The zero-order chi connectivity index (χ0) is 27.7. The van der Waals surface area contributed by atoms with Crippen LogP contribution >= 0.6 is 11.3 Å². The predicted octanol–water partition coefficient (Wildman–Crippen LogP) is 5.87. The molecule has 2 N–H and O–H groups in total. The Morgan fingerprint density at radius 3 is 2.46 bits per heavy atom. The number of ketones is 1. The van der Waals surface area contributed by atoms with Gasteiger partial charge in [-0.1, -0.05) is 54.6 Å². The van der Waals surface area contributed by atoms with Gasteiger partial charge in [0, 0.05) is 29.4 Å². The van der Waals surface area contributed by atoms with Crippen molar-refractivity contribution in [3.8, 4) is 16.3 Å². The van der Waals surface area contributed by atoms with Crippen molar-refractivity contribution in [3.05, 3.63) is 106 Å². The number of Topliss-reactive ketones (excluding diaryl/α,β-unsaturated/α-hetero) is 1. The van der Waals surface area contributed by atoms with Gasteiger partial charge in [0.25, 0.3) is 5.91 Å². The fraction of sp³-hybridized carbons (Fsp3) is 0.133. The van der Waals surface area contributed by atoms with Crippen LogP contribution in [0.1, 0.15) is 33.9 Å². The Bertz CT molecular complexity index is 1630. The summed E-state index contributed by atoms with van der Waals surface area (Å²) in [6, 6.07) is 22.2. The number of aliphatic hydroxyl groups is 1. The van der Waals surface area contributed by atoms with Crippen molar-refractivity contribution in [3.63, 3.8) is 0 Å². The second kappa shape index (κ2) is 10.5. The van der Waals surface area contributed by atoms with Crippen molar-refractivity contribution < 1.29 is 24.2 Å². The number of carbonyl (C=O) groups is 3. The third-order valence-electron chi connectivity index (χ3n) is 6.35. The van der Waals surface area contributed by atoms with Gasteiger partial charge >= 0.3 is 0 Å². The van der Waals surface area contributed by atoms with Gasteiger partial charge in [0.1, 0.15) is 10.8 Å². The second-order valence-corrected chi connectivity index (χ2v) is 9.94. The molecule has 9 heteroatoms. The number of thiazole rings is 1. The van der Waals surface area contributed by atoms with E-state index in [1.807, 2.05) is 30.3 Å². The Balaban J connectivity index is 1.65. The summed E-state index contributed by atoms with van der Waals surface area (Å²) in [5.41, 5.74) is 2.68. The normalized spacial score (nSPS) is 15.0. The van der Waals surface area contributed by atoms with Gasteiger partial charge in [-0.25, -0.2) is 4.98 Å². The van der Waals surface area contributed by atoms with Crippen molar-refractivity contribution in [2.45, 2.75) is 19.9 Å². The number of aromatic nitrogens is 1. The van der Waals surface area contributed by atoms with E-state index in [9.17, 15) is 19.5 Å². The first-order valence-corrected chi connectivity index (χ1v) is 13.0. The van der Waals surface area contributed by atoms with Gasteiger partial charge in [0.05, 0.1) is 29.3 Å². The molecule has 3 aromatic carbocycles. The van der Waals surface area contributed by atoms with Crippen LogP contribution in [0, 0.1) is 6.92 Å². The summed E-state index contributed by atoms with van der Waals surface area (Å²) in [4.78, 5) is 45.7.